The summed E-state index contributed by atoms with van der Waals surface area (Å²) >= 11 is 0. The fourth-order valence-corrected chi connectivity index (χ4v) is 7.36. The van der Waals surface area contributed by atoms with E-state index in [0.29, 0.717) is 11.5 Å². The number of benzene rings is 6. The molecule has 2 unspecified atom stereocenters. The van der Waals surface area contributed by atoms with Crippen LogP contribution in [0.5, 0.6) is 23.0 Å². The van der Waals surface area contributed by atoms with Gasteiger partial charge in [-0.25, -0.2) is 0 Å². The van der Waals surface area contributed by atoms with Gasteiger partial charge in [0.25, 0.3) is 0 Å². The van der Waals surface area contributed by atoms with E-state index in [2.05, 4.69) is 36.4 Å². The number of para-hydroxylation sites is 4. The molecular weight excluding hydrogens is 693 g/mol. The summed E-state index contributed by atoms with van der Waals surface area (Å²) in [6.45, 7) is 16.1. The number of hydrogen-bond acceptors (Lipinski definition) is 5. The molecule has 288 valence electrons. The Morgan fingerprint density at radius 2 is 0.571 bits per heavy atom. The molecule has 6 aromatic carbocycles. The van der Waals surface area contributed by atoms with E-state index in [1.165, 1.54) is 0 Å². The lowest BCUT2D eigenvalue weighted by atomic mass is 9.73. The second kappa shape index (κ2) is 18.2. The predicted molar refractivity (Wildman–Crippen MR) is 228 cm³/mol. The number of Topliss-reactive ketones (excluding diaryl/α,β-unsaturated/α-hetero) is 1. The Morgan fingerprint density at radius 1 is 0.321 bits per heavy atom. The Hall–Kier alpha value is -5.81. The van der Waals surface area contributed by atoms with E-state index < -0.39 is 11.8 Å². The van der Waals surface area contributed by atoms with Crippen LogP contribution < -0.4 is 18.9 Å². The smallest absolute Gasteiger partial charge is 0.156 e. The Labute approximate surface area is 333 Å². The van der Waals surface area contributed by atoms with Crippen molar-refractivity contribution < 1.29 is 23.7 Å². The summed E-state index contributed by atoms with van der Waals surface area (Å²) in [5.41, 5.74) is 6.93. The monoisotopic (exact) mass is 746 g/mol. The molecule has 0 aliphatic carbocycles. The molecule has 0 radical (unpaired) electrons. The average molecular weight is 747 g/mol. The first-order valence-electron chi connectivity index (χ1n) is 19.8. The summed E-state index contributed by atoms with van der Waals surface area (Å²) in [6, 6.07) is 48.4. The largest absolute Gasteiger partial charge is 0.491 e. The van der Waals surface area contributed by atoms with Gasteiger partial charge < -0.3 is 18.9 Å². The van der Waals surface area contributed by atoms with E-state index in [0.717, 1.165) is 56.0 Å². The fourth-order valence-electron chi connectivity index (χ4n) is 7.36. The number of rotatable bonds is 16. The summed E-state index contributed by atoms with van der Waals surface area (Å²) in [5.74, 6) is 1.29. The highest BCUT2D eigenvalue weighted by Gasteiger charge is 2.38. The molecule has 0 aromatic heterocycles. The van der Waals surface area contributed by atoms with Crippen LogP contribution in [0.4, 0.5) is 0 Å². The SMILES string of the molecule is CC(C)Oc1ccccc1-c1ccccc1C(C(=O)C(c1ccccc1OC(C)C)c1ccccc1-c1ccccc1OC(C)C)c1ccccc1OC(C)C. The van der Waals surface area contributed by atoms with E-state index in [1.54, 1.807) is 0 Å². The molecule has 0 spiro atoms. The number of carbonyl (C=O) groups is 1. The zero-order valence-corrected chi connectivity index (χ0v) is 33.9. The van der Waals surface area contributed by atoms with Crippen LogP contribution >= 0.6 is 0 Å². The van der Waals surface area contributed by atoms with Gasteiger partial charge in [0.15, 0.2) is 5.78 Å². The standard InChI is InChI=1S/C51H54O5/c1-33(2)53-45-29-17-13-23-39(45)37-21-9-11-25-41(37)49(43-27-15-19-31-47(43)55-35(5)6)51(52)50(44-28-16-20-32-48(44)56-36(7)8)42-26-12-10-22-38(42)40-24-14-18-30-46(40)54-34(3)4/h9-36,49-50H,1-8H3. The molecule has 0 aliphatic heterocycles. The first-order valence-corrected chi connectivity index (χ1v) is 19.8. The molecule has 5 heteroatoms. The number of carbonyl (C=O) groups excluding carboxylic acids is 1. The lowest BCUT2D eigenvalue weighted by Gasteiger charge is -2.30. The maximum absolute atomic E-state index is 16.4. The van der Waals surface area contributed by atoms with Crippen molar-refractivity contribution >= 4 is 5.78 Å². The quantitative estimate of drug-likeness (QED) is 0.0987. The minimum atomic E-state index is -0.763. The minimum absolute atomic E-state index is 0.0194. The van der Waals surface area contributed by atoms with E-state index >= 15 is 4.79 Å². The minimum Gasteiger partial charge on any atom is -0.491 e. The zero-order valence-electron chi connectivity index (χ0n) is 33.9. The average Bonchev–Trinajstić information content (AvgIpc) is 3.16. The highest BCUT2D eigenvalue weighted by atomic mass is 16.5. The zero-order chi connectivity index (χ0) is 39.8. The van der Waals surface area contributed by atoms with E-state index in [-0.39, 0.29) is 30.2 Å². The molecular formula is C51H54O5. The van der Waals surface area contributed by atoms with Gasteiger partial charge in [0.2, 0.25) is 0 Å². The van der Waals surface area contributed by atoms with Crippen LogP contribution in [-0.2, 0) is 4.79 Å². The molecule has 6 rings (SSSR count). The third kappa shape index (κ3) is 9.17. The molecule has 5 nitrogen and oxygen atoms in total. The van der Waals surface area contributed by atoms with Gasteiger partial charge in [-0.1, -0.05) is 121 Å². The van der Waals surface area contributed by atoms with Crippen LogP contribution in [0.2, 0.25) is 0 Å². The number of ketones is 1. The lowest BCUT2D eigenvalue weighted by molar-refractivity contribution is -0.120. The molecule has 0 heterocycles. The summed E-state index contributed by atoms with van der Waals surface area (Å²) in [4.78, 5) is 16.4. The number of hydrogen-bond donors (Lipinski definition) is 0. The van der Waals surface area contributed by atoms with Crippen LogP contribution in [0.25, 0.3) is 22.3 Å². The van der Waals surface area contributed by atoms with Crippen molar-refractivity contribution in [1.82, 2.24) is 0 Å². The van der Waals surface area contributed by atoms with Gasteiger partial charge in [-0.3, -0.25) is 4.79 Å². The molecule has 0 N–H and O–H groups in total. The highest BCUT2D eigenvalue weighted by molar-refractivity contribution is 6.01. The Bertz CT molecular complexity index is 2080. The second-order valence-electron chi connectivity index (χ2n) is 15.2. The molecule has 2 atom stereocenters. The summed E-state index contributed by atoms with van der Waals surface area (Å²) in [7, 11) is 0. The van der Waals surface area contributed by atoms with Crippen LogP contribution in [0.15, 0.2) is 146 Å². The molecule has 0 saturated heterocycles. The van der Waals surface area contributed by atoms with Gasteiger partial charge in [0.1, 0.15) is 23.0 Å². The summed E-state index contributed by atoms with van der Waals surface area (Å²) in [6.07, 6.45) is -0.309. The van der Waals surface area contributed by atoms with Crippen molar-refractivity contribution in [1.29, 1.82) is 0 Å². The van der Waals surface area contributed by atoms with E-state index in [9.17, 15) is 0 Å². The van der Waals surface area contributed by atoms with Gasteiger partial charge in [-0.05, 0) is 102 Å². The van der Waals surface area contributed by atoms with Gasteiger partial charge in [0, 0.05) is 22.3 Å². The van der Waals surface area contributed by atoms with Crippen molar-refractivity contribution in [2.24, 2.45) is 0 Å². The Balaban J connectivity index is 1.68. The molecule has 0 bridgehead atoms. The van der Waals surface area contributed by atoms with Crippen molar-refractivity contribution in [3.8, 4) is 45.3 Å². The van der Waals surface area contributed by atoms with Gasteiger partial charge in [0.05, 0.1) is 36.3 Å². The molecule has 6 aromatic rings. The fraction of sp³-hybridized carbons (Fsp3) is 0.275. The van der Waals surface area contributed by atoms with Gasteiger partial charge >= 0.3 is 0 Å². The van der Waals surface area contributed by atoms with Crippen LogP contribution in [-0.4, -0.2) is 30.2 Å². The van der Waals surface area contributed by atoms with Crippen LogP contribution in [0.3, 0.4) is 0 Å². The first-order chi connectivity index (χ1) is 27.0. The molecule has 0 amide bonds. The van der Waals surface area contributed by atoms with Crippen molar-refractivity contribution in [2.45, 2.75) is 91.6 Å². The molecule has 0 fully saturated rings. The number of ether oxygens (including phenoxy) is 4. The Kier molecular flexibility index (Phi) is 13.0. The first kappa shape index (κ1) is 39.9. The normalized spacial score (nSPS) is 12.5. The third-order valence-corrected chi connectivity index (χ3v) is 9.38. The third-order valence-electron chi connectivity index (χ3n) is 9.38. The van der Waals surface area contributed by atoms with Crippen molar-refractivity contribution in [3.63, 3.8) is 0 Å². The van der Waals surface area contributed by atoms with Crippen LogP contribution in [0.1, 0.15) is 89.5 Å². The topological polar surface area (TPSA) is 54.0 Å². The second-order valence-corrected chi connectivity index (χ2v) is 15.2. The molecule has 0 saturated carbocycles. The maximum Gasteiger partial charge on any atom is 0.156 e. The van der Waals surface area contributed by atoms with Crippen molar-refractivity contribution in [3.05, 3.63) is 168 Å². The summed E-state index contributed by atoms with van der Waals surface area (Å²) < 4.78 is 25.8. The Morgan fingerprint density at radius 3 is 0.911 bits per heavy atom. The van der Waals surface area contributed by atoms with E-state index in [1.807, 2.05) is 165 Å². The lowest BCUT2D eigenvalue weighted by Crippen LogP contribution is -2.25. The van der Waals surface area contributed by atoms with E-state index in [4.69, 9.17) is 18.9 Å². The van der Waals surface area contributed by atoms with Crippen LogP contribution in [0, 0.1) is 0 Å². The molecule has 0 aliphatic rings. The summed E-state index contributed by atoms with van der Waals surface area (Å²) in [5, 5.41) is 0. The molecule has 56 heavy (non-hydrogen) atoms. The predicted octanol–water partition coefficient (Wildman–Crippen LogP) is 12.7. The highest BCUT2D eigenvalue weighted by Crippen LogP contribution is 2.48. The van der Waals surface area contributed by atoms with Crippen molar-refractivity contribution in [2.75, 3.05) is 0 Å². The maximum atomic E-state index is 16.4. The van der Waals surface area contributed by atoms with Gasteiger partial charge in [-0.15, -0.1) is 0 Å². The van der Waals surface area contributed by atoms with Gasteiger partial charge in [-0.2, -0.15) is 0 Å².